The van der Waals surface area contributed by atoms with Crippen molar-refractivity contribution >= 4 is 46.2 Å². The van der Waals surface area contributed by atoms with E-state index in [2.05, 4.69) is 20.6 Å². The minimum absolute atomic E-state index is 0.234. The van der Waals surface area contributed by atoms with Crippen molar-refractivity contribution in [1.29, 1.82) is 0 Å². The van der Waals surface area contributed by atoms with E-state index >= 15 is 0 Å². The Morgan fingerprint density at radius 3 is 2.35 bits per heavy atom. The van der Waals surface area contributed by atoms with Crippen molar-refractivity contribution in [1.82, 2.24) is 9.97 Å². The fraction of sp³-hybridized carbons (Fsp3) is 0.111. The van der Waals surface area contributed by atoms with Gasteiger partial charge in [0.1, 0.15) is 17.5 Å². The Kier molecular flexibility index (Phi) is 4.44. The zero-order chi connectivity index (χ0) is 18.1. The number of nitrogens with zero attached hydrogens (tertiary/aromatic N) is 2. The van der Waals surface area contributed by atoms with E-state index < -0.39 is 0 Å². The molecule has 2 N–H and O–H groups in total. The van der Waals surface area contributed by atoms with Crippen LogP contribution in [-0.4, -0.2) is 16.8 Å². The van der Waals surface area contributed by atoms with Crippen LogP contribution in [0.25, 0.3) is 0 Å². The van der Waals surface area contributed by atoms with Gasteiger partial charge >= 0.3 is 0 Å². The molecule has 0 aliphatic carbocycles. The fourth-order valence-electron chi connectivity index (χ4n) is 2.56. The predicted octanol–water partition coefficient (Wildman–Crippen LogP) is 5.31. The molecule has 0 bridgehead atoms. The van der Waals surface area contributed by atoms with Gasteiger partial charge in [0.25, 0.3) is 0 Å². The summed E-state index contributed by atoms with van der Waals surface area (Å²) in [6, 6.07) is 12.7. The SMILES string of the molecule is Cc1nc(Nc2ccc3c(c2)OCO3)cc(Nc2c(Cl)cccc2Cl)n1. The first kappa shape index (κ1) is 16.8. The zero-order valence-electron chi connectivity index (χ0n) is 13.7. The molecule has 132 valence electrons. The summed E-state index contributed by atoms with van der Waals surface area (Å²) in [7, 11) is 0. The van der Waals surface area contributed by atoms with Crippen LogP contribution in [0.15, 0.2) is 42.5 Å². The van der Waals surface area contributed by atoms with Gasteiger partial charge in [-0.25, -0.2) is 9.97 Å². The molecule has 2 aromatic carbocycles. The summed E-state index contributed by atoms with van der Waals surface area (Å²) in [6.07, 6.45) is 0. The standard InChI is InChI=1S/C18H14Cl2N4O2/c1-10-21-16(23-11-5-6-14-15(7-11)26-9-25-14)8-17(22-10)24-18-12(19)3-2-4-13(18)20/h2-8H,9H2,1H3,(H2,21,22,23,24). The Bertz CT molecular complexity index is 961. The molecule has 1 aromatic heterocycles. The second-order valence-corrected chi connectivity index (χ2v) is 6.41. The van der Waals surface area contributed by atoms with Gasteiger partial charge in [-0.05, 0) is 31.2 Å². The van der Waals surface area contributed by atoms with E-state index in [0.29, 0.717) is 38.9 Å². The summed E-state index contributed by atoms with van der Waals surface area (Å²) < 4.78 is 10.7. The normalized spacial score (nSPS) is 12.1. The fourth-order valence-corrected chi connectivity index (χ4v) is 3.06. The van der Waals surface area contributed by atoms with Gasteiger partial charge in [-0.15, -0.1) is 0 Å². The number of hydrogen-bond acceptors (Lipinski definition) is 6. The molecule has 0 fully saturated rings. The zero-order valence-corrected chi connectivity index (χ0v) is 15.2. The lowest BCUT2D eigenvalue weighted by Crippen LogP contribution is -2.02. The third-order valence-electron chi connectivity index (χ3n) is 3.70. The third kappa shape index (κ3) is 3.47. The molecule has 2 heterocycles. The quantitative estimate of drug-likeness (QED) is 0.631. The van der Waals surface area contributed by atoms with Gasteiger partial charge in [-0.1, -0.05) is 29.3 Å². The van der Waals surface area contributed by atoms with Crippen molar-refractivity contribution in [2.75, 3.05) is 17.4 Å². The number of fused-ring (bicyclic) bond motifs is 1. The molecule has 0 amide bonds. The van der Waals surface area contributed by atoms with Crippen LogP contribution >= 0.6 is 23.2 Å². The minimum atomic E-state index is 0.234. The van der Waals surface area contributed by atoms with Gasteiger partial charge in [0.15, 0.2) is 11.5 Å². The van der Waals surface area contributed by atoms with Crippen molar-refractivity contribution in [3.63, 3.8) is 0 Å². The van der Waals surface area contributed by atoms with E-state index in [1.807, 2.05) is 25.1 Å². The van der Waals surface area contributed by atoms with Gasteiger partial charge in [0, 0.05) is 17.8 Å². The second kappa shape index (κ2) is 6.90. The average molecular weight is 389 g/mol. The van der Waals surface area contributed by atoms with Crippen molar-refractivity contribution in [2.45, 2.75) is 6.92 Å². The maximum atomic E-state index is 6.21. The number of para-hydroxylation sites is 1. The molecule has 3 aromatic rings. The smallest absolute Gasteiger partial charge is 0.231 e. The topological polar surface area (TPSA) is 68.3 Å². The molecular formula is C18H14Cl2N4O2. The van der Waals surface area contributed by atoms with E-state index in [-0.39, 0.29) is 6.79 Å². The third-order valence-corrected chi connectivity index (χ3v) is 4.33. The first-order chi connectivity index (χ1) is 12.6. The van der Waals surface area contributed by atoms with E-state index in [0.717, 1.165) is 11.4 Å². The lowest BCUT2D eigenvalue weighted by Gasteiger charge is -2.12. The lowest BCUT2D eigenvalue weighted by molar-refractivity contribution is 0.174. The lowest BCUT2D eigenvalue weighted by atomic mass is 10.2. The Morgan fingerprint density at radius 2 is 1.58 bits per heavy atom. The van der Waals surface area contributed by atoms with Crippen molar-refractivity contribution < 1.29 is 9.47 Å². The molecule has 1 aliphatic rings. The number of anilines is 4. The highest BCUT2D eigenvalue weighted by atomic mass is 35.5. The maximum Gasteiger partial charge on any atom is 0.231 e. The first-order valence-corrected chi connectivity index (χ1v) is 8.57. The highest BCUT2D eigenvalue weighted by Crippen LogP contribution is 2.35. The molecule has 4 rings (SSSR count). The van der Waals surface area contributed by atoms with Crippen LogP contribution in [-0.2, 0) is 0 Å². The van der Waals surface area contributed by atoms with Crippen LogP contribution < -0.4 is 20.1 Å². The van der Waals surface area contributed by atoms with Crippen LogP contribution in [0, 0.1) is 6.92 Å². The summed E-state index contributed by atoms with van der Waals surface area (Å²) in [4.78, 5) is 8.80. The van der Waals surface area contributed by atoms with Crippen LogP contribution in [0.1, 0.15) is 5.82 Å². The van der Waals surface area contributed by atoms with E-state index in [1.165, 1.54) is 0 Å². The van der Waals surface area contributed by atoms with E-state index in [4.69, 9.17) is 32.7 Å². The summed E-state index contributed by atoms with van der Waals surface area (Å²) in [5, 5.41) is 7.41. The molecule has 0 saturated carbocycles. The number of halogens is 2. The van der Waals surface area contributed by atoms with Crippen LogP contribution in [0.2, 0.25) is 10.0 Å². The Hall–Kier alpha value is -2.70. The van der Waals surface area contributed by atoms with E-state index in [1.54, 1.807) is 24.3 Å². The number of benzene rings is 2. The first-order valence-electron chi connectivity index (χ1n) is 7.82. The molecule has 1 aliphatic heterocycles. The van der Waals surface area contributed by atoms with Gasteiger partial charge in [0.05, 0.1) is 15.7 Å². The Balaban J connectivity index is 1.60. The highest BCUT2D eigenvalue weighted by molar-refractivity contribution is 6.39. The Labute approximate surface area is 160 Å². The molecule has 0 unspecified atom stereocenters. The second-order valence-electron chi connectivity index (χ2n) is 5.60. The van der Waals surface area contributed by atoms with Crippen LogP contribution in [0.3, 0.4) is 0 Å². The molecular weight excluding hydrogens is 375 g/mol. The van der Waals surface area contributed by atoms with E-state index in [9.17, 15) is 0 Å². The minimum Gasteiger partial charge on any atom is -0.454 e. The number of rotatable bonds is 4. The largest absolute Gasteiger partial charge is 0.454 e. The number of ether oxygens (including phenoxy) is 2. The predicted molar refractivity (Wildman–Crippen MR) is 102 cm³/mol. The molecule has 0 spiro atoms. The summed E-state index contributed by atoms with van der Waals surface area (Å²) in [5.41, 5.74) is 1.43. The molecule has 0 atom stereocenters. The van der Waals surface area contributed by atoms with Crippen molar-refractivity contribution in [2.24, 2.45) is 0 Å². The molecule has 6 nitrogen and oxygen atoms in total. The highest BCUT2D eigenvalue weighted by Gasteiger charge is 2.14. The molecule has 8 heteroatoms. The summed E-state index contributed by atoms with van der Waals surface area (Å²) in [6.45, 7) is 2.04. The number of hydrogen-bond donors (Lipinski definition) is 2. The van der Waals surface area contributed by atoms with Gasteiger partial charge < -0.3 is 20.1 Å². The van der Waals surface area contributed by atoms with Gasteiger partial charge in [-0.2, -0.15) is 0 Å². The van der Waals surface area contributed by atoms with Crippen molar-refractivity contribution in [3.8, 4) is 11.5 Å². The summed E-state index contributed by atoms with van der Waals surface area (Å²) >= 11 is 12.4. The monoisotopic (exact) mass is 388 g/mol. The van der Waals surface area contributed by atoms with Gasteiger partial charge in [0.2, 0.25) is 6.79 Å². The maximum absolute atomic E-state index is 6.21. The average Bonchev–Trinajstić information content (AvgIpc) is 3.05. The number of aryl methyl sites for hydroxylation is 1. The van der Waals surface area contributed by atoms with Crippen LogP contribution in [0.4, 0.5) is 23.0 Å². The number of aromatic nitrogens is 2. The molecule has 0 radical (unpaired) electrons. The Morgan fingerprint density at radius 1 is 0.885 bits per heavy atom. The molecule has 0 saturated heterocycles. The number of nitrogens with one attached hydrogen (secondary N) is 2. The van der Waals surface area contributed by atoms with Crippen molar-refractivity contribution in [3.05, 3.63) is 58.3 Å². The van der Waals surface area contributed by atoms with Crippen LogP contribution in [0.5, 0.6) is 11.5 Å². The summed E-state index contributed by atoms with van der Waals surface area (Å²) in [5.74, 6) is 3.23. The van der Waals surface area contributed by atoms with Gasteiger partial charge in [-0.3, -0.25) is 0 Å². The molecule has 26 heavy (non-hydrogen) atoms.